The van der Waals surface area contributed by atoms with Crippen molar-refractivity contribution in [3.63, 3.8) is 0 Å². The third-order valence-corrected chi connectivity index (χ3v) is 10.6. The Balaban J connectivity index is 2.79. The summed E-state index contributed by atoms with van der Waals surface area (Å²) in [7, 11) is -2.22. The molecule has 0 spiro atoms. The molecule has 0 saturated carbocycles. The summed E-state index contributed by atoms with van der Waals surface area (Å²) < 4.78 is 18.6. The molecule has 0 aromatic rings. The minimum absolute atomic E-state index is 0.00423. The maximum Gasteiger partial charge on any atom is 0.486 e. The molecule has 2 atom stereocenters. The van der Waals surface area contributed by atoms with Crippen molar-refractivity contribution in [2.24, 2.45) is 5.92 Å². The van der Waals surface area contributed by atoms with Crippen LogP contribution in [0.15, 0.2) is 12.1 Å². The molecule has 0 amide bonds. The van der Waals surface area contributed by atoms with Gasteiger partial charge in [0, 0.05) is 6.61 Å². The van der Waals surface area contributed by atoms with E-state index in [4.69, 9.17) is 13.7 Å². The molecule has 1 rings (SSSR count). The van der Waals surface area contributed by atoms with Crippen LogP contribution < -0.4 is 0 Å². The summed E-state index contributed by atoms with van der Waals surface area (Å²) in [6.07, 6.45) is 2.75. The van der Waals surface area contributed by atoms with Crippen LogP contribution in [0, 0.1) is 5.92 Å². The molecule has 25 heavy (non-hydrogen) atoms. The van der Waals surface area contributed by atoms with E-state index >= 15 is 0 Å². The van der Waals surface area contributed by atoms with Crippen molar-refractivity contribution in [2.75, 3.05) is 6.61 Å². The van der Waals surface area contributed by atoms with Crippen LogP contribution in [0.3, 0.4) is 0 Å². The summed E-state index contributed by atoms with van der Waals surface area (Å²) in [5, 5.41) is 9.61. The van der Waals surface area contributed by atoms with Gasteiger partial charge in [0.1, 0.15) is 0 Å². The summed E-state index contributed by atoms with van der Waals surface area (Å²) in [5.74, 6) is 2.17. The molecule has 1 saturated heterocycles. The molecule has 1 aliphatic rings. The van der Waals surface area contributed by atoms with E-state index in [2.05, 4.69) is 74.6 Å². The molecular weight excluding hydrogens is 331 g/mol. The zero-order valence-electron chi connectivity index (χ0n) is 18.0. The Labute approximate surface area is 156 Å². The minimum Gasteiger partial charge on any atom is -0.413 e. The fraction of sp³-hybridized carbons (Fsp3) is 0.895. The van der Waals surface area contributed by atoms with Crippen molar-refractivity contribution in [2.45, 2.75) is 97.2 Å². The summed E-state index contributed by atoms with van der Waals surface area (Å²) in [4.78, 5) is 0. The predicted octanol–water partition coefficient (Wildman–Crippen LogP) is 4.58. The van der Waals surface area contributed by atoms with Gasteiger partial charge in [0.15, 0.2) is 8.32 Å². The van der Waals surface area contributed by atoms with E-state index in [1.807, 2.05) is 5.98 Å². The molecule has 4 nitrogen and oxygen atoms in total. The fourth-order valence-electron chi connectivity index (χ4n) is 2.47. The molecule has 0 aliphatic carbocycles. The van der Waals surface area contributed by atoms with Gasteiger partial charge in [-0.3, -0.25) is 0 Å². The average Bonchev–Trinajstić information content (AvgIpc) is 2.62. The first-order valence-corrected chi connectivity index (χ1v) is 12.4. The number of hydrogen-bond acceptors (Lipinski definition) is 4. The smallest absolute Gasteiger partial charge is 0.413 e. The van der Waals surface area contributed by atoms with Crippen LogP contribution >= 0.6 is 0 Å². The maximum absolute atomic E-state index is 9.46. The lowest BCUT2D eigenvalue weighted by atomic mass is 9.87. The van der Waals surface area contributed by atoms with Gasteiger partial charge < -0.3 is 18.8 Å². The van der Waals surface area contributed by atoms with Gasteiger partial charge in [0.25, 0.3) is 0 Å². The lowest BCUT2D eigenvalue weighted by Gasteiger charge is -2.40. The maximum atomic E-state index is 9.46. The van der Waals surface area contributed by atoms with Crippen molar-refractivity contribution >= 4 is 15.4 Å². The van der Waals surface area contributed by atoms with Crippen LogP contribution in [0.25, 0.3) is 0 Å². The third-order valence-electron chi connectivity index (χ3n) is 6.10. The van der Waals surface area contributed by atoms with E-state index in [0.29, 0.717) is 6.42 Å². The van der Waals surface area contributed by atoms with Crippen LogP contribution in [-0.4, -0.2) is 44.5 Å². The molecule has 2 unspecified atom stereocenters. The molecule has 146 valence electrons. The highest BCUT2D eigenvalue weighted by Crippen LogP contribution is 2.39. The number of aliphatic hydroxyl groups is 1. The monoisotopic (exact) mass is 370 g/mol. The quantitative estimate of drug-likeness (QED) is 0.666. The molecule has 1 heterocycles. The van der Waals surface area contributed by atoms with Crippen LogP contribution in [0.4, 0.5) is 0 Å². The zero-order chi connectivity index (χ0) is 19.7. The molecular formula is C19H39BO4Si. The van der Waals surface area contributed by atoms with Gasteiger partial charge in [-0.05, 0) is 58.2 Å². The van der Waals surface area contributed by atoms with Gasteiger partial charge in [-0.1, -0.05) is 39.7 Å². The van der Waals surface area contributed by atoms with Crippen LogP contribution in [0.5, 0.6) is 0 Å². The lowest BCUT2D eigenvalue weighted by molar-refractivity contribution is 0.00578. The van der Waals surface area contributed by atoms with Crippen molar-refractivity contribution in [3.05, 3.63) is 12.1 Å². The van der Waals surface area contributed by atoms with E-state index in [1.165, 1.54) is 0 Å². The lowest BCUT2D eigenvalue weighted by Crippen LogP contribution is -2.45. The number of aliphatic hydroxyl groups excluding tert-OH is 1. The Bertz CT molecular complexity index is 453. The number of hydrogen-bond donors (Lipinski definition) is 1. The number of rotatable bonds is 7. The van der Waals surface area contributed by atoms with Gasteiger partial charge in [-0.25, -0.2) is 0 Å². The summed E-state index contributed by atoms with van der Waals surface area (Å²) in [6, 6.07) is 0. The Hall–Kier alpha value is -0.138. The molecule has 1 N–H and O–H groups in total. The average molecular weight is 370 g/mol. The normalized spacial score (nSPS) is 23.2. The van der Waals surface area contributed by atoms with Gasteiger partial charge in [-0.2, -0.15) is 0 Å². The van der Waals surface area contributed by atoms with Crippen molar-refractivity contribution in [3.8, 4) is 0 Å². The van der Waals surface area contributed by atoms with E-state index in [-0.39, 0.29) is 42.0 Å². The van der Waals surface area contributed by atoms with Gasteiger partial charge in [0.05, 0.1) is 17.3 Å². The molecule has 1 aliphatic heterocycles. The van der Waals surface area contributed by atoms with Crippen LogP contribution in [0.2, 0.25) is 18.1 Å². The van der Waals surface area contributed by atoms with Gasteiger partial charge in [0.2, 0.25) is 0 Å². The highest BCUT2D eigenvalue weighted by molar-refractivity contribution is 6.74. The molecule has 0 radical (unpaired) electrons. The van der Waals surface area contributed by atoms with E-state index in [0.717, 1.165) is 0 Å². The second-order valence-electron chi connectivity index (χ2n) is 9.80. The fourth-order valence-corrected chi connectivity index (χ4v) is 3.91. The highest BCUT2D eigenvalue weighted by atomic mass is 28.4. The van der Waals surface area contributed by atoms with Crippen LogP contribution in [-0.2, 0) is 13.7 Å². The second kappa shape index (κ2) is 7.85. The molecule has 6 heteroatoms. The highest BCUT2D eigenvalue weighted by Gasteiger charge is 2.50. The first-order chi connectivity index (χ1) is 11.1. The van der Waals surface area contributed by atoms with Crippen LogP contribution in [0.1, 0.15) is 61.8 Å². The molecule has 1 fully saturated rings. The Morgan fingerprint density at radius 2 is 1.60 bits per heavy atom. The molecule has 0 aromatic carbocycles. The summed E-state index contributed by atoms with van der Waals surface area (Å²) in [6.45, 7) is 21.7. The Morgan fingerprint density at radius 1 is 1.12 bits per heavy atom. The molecule has 0 aromatic heterocycles. The third kappa shape index (κ3) is 5.67. The van der Waals surface area contributed by atoms with Gasteiger partial charge >= 0.3 is 7.12 Å². The Morgan fingerprint density at radius 3 is 2.00 bits per heavy atom. The topological polar surface area (TPSA) is 47.9 Å². The first kappa shape index (κ1) is 22.9. The van der Waals surface area contributed by atoms with Crippen molar-refractivity contribution < 1.29 is 18.8 Å². The minimum atomic E-state index is -1.88. The summed E-state index contributed by atoms with van der Waals surface area (Å²) in [5.41, 5.74) is -0.652. The Kier molecular flexibility index (Phi) is 7.19. The van der Waals surface area contributed by atoms with E-state index in [1.54, 1.807) is 0 Å². The SMILES string of the molecule is CC(/C=C/B1OC(C)(C)C(C)(C)O1)C(CCO)O[Si](C)(C)C(C)(C)C. The van der Waals surface area contributed by atoms with E-state index < -0.39 is 8.32 Å². The second-order valence-corrected chi connectivity index (χ2v) is 14.6. The first-order valence-electron chi connectivity index (χ1n) is 9.45. The van der Waals surface area contributed by atoms with Crippen molar-refractivity contribution in [1.82, 2.24) is 0 Å². The van der Waals surface area contributed by atoms with E-state index in [9.17, 15) is 5.11 Å². The standard InChI is InChI=1S/C19H39BO4Si/c1-15(11-13-20-23-18(5,6)19(7,8)24-20)16(12-14-21)22-25(9,10)17(2,3)4/h11,13,15-16,21H,12,14H2,1-10H3/b13-11+. The molecule has 0 bridgehead atoms. The summed E-state index contributed by atoms with van der Waals surface area (Å²) >= 11 is 0. The van der Waals surface area contributed by atoms with Gasteiger partial charge in [-0.15, -0.1) is 0 Å². The van der Waals surface area contributed by atoms with Crippen molar-refractivity contribution in [1.29, 1.82) is 0 Å². The largest absolute Gasteiger partial charge is 0.486 e. The predicted molar refractivity (Wildman–Crippen MR) is 108 cm³/mol. The zero-order valence-corrected chi connectivity index (χ0v) is 19.0.